The zero-order valence-corrected chi connectivity index (χ0v) is 21.1. The van der Waals surface area contributed by atoms with Crippen molar-refractivity contribution in [3.8, 4) is 0 Å². The summed E-state index contributed by atoms with van der Waals surface area (Å²) in [5.74, 6) is -1.78. The molecule has 0 aromatic heterocycles. The molecular formula is C22H19Cl2F3INO4. The fourth-order valence-electron chi connectivity index (χ4n) is 4.66. The highest BCUT2D eigenvalue weighted by molar-refractivity contribution is 14.1. The van der Waals surface area contributed by atoms with Gasteiger partial charge in [0.05, 0.1) is 11.3 Å². The zero-order chi connectivity index (χ0) is 24.3. The van der Waals surface area contributed by atoms with E-state index in [0.717, 1.165) is 6.07 Å². The van der Waals surface area contributed by atoms with Gasteiger partial charge < -0.3 is 19.5 Å². The van der Waals surface area contributed by atoms with Crippen molar-refractivity contribution in [2.75, 3.05) is 25.7 Å². The van der Waals surface area contributed by atoms with Crippen molar-refractivity contribution in [2.45, 2.75) is 30.4 Å². The molecule has 1 N–H and O–H groups in total. The fraction of sp³-hybridized carbons (Fsp3) is 0.409. The highest BCUT2D eigenvalue weighted by Gasteiger charge is 2.57. The molecule has 1 amide bonds. The van der Waals surface area contributed by atoms with Crippen molar-refractivity contribution in [2.24, 2.45) is 5.92 Å². The van der Waals surface area contributed by atoms with Crippen LogP contribution in [0.25, 0.3) is 0 Å². The van der Waals surface area contributed by atoms with Gasteiger partial charge in [-0.25, -0.2) is 0 Å². The summed E-state index contributed by atoms with van der Waals surface area (Å²) in [6.45, 7) is 0.0885. The van der Waals surface area contributed by atoms with Crippen LogP contribution >= 0.6 is 45.8 Å². The number of nitrogens with zero attached hydrogens (tertiary/aromatic N) is 1. The molecule has 1 aliphatic carbocycles. The van der Waals surface area contributed by atoms with Crippen molar-refractivity contribution in [3.05, 3.63) is 60.6 Å². The third-order valence-electron chi connectivity index (χ3n) is 6.30. The number of hydrogen-bond donors (Lipinski definition) is 1. The number of anilines is 1. The smallest absolute Gasteiger partial charge is 0.372 e. The molecular weight excluding hydrogens is 597 g/mol. The van der Waals surface area contributed by atoms with Gasteiger partial charge in [-0.2, -0.15) is 13.2 Å². The normalized spacial score (nSPS) is 22.5. The summed E-state index contributed by atoms with van der Waals surface area (Å²) in [6, 6.07) is 6.30. The SMILES string of the molecule is COC1(OC)CC(CN2C(=O)C(O)(c3ccc(Cl)cc3Cl)c3c2cc(I)cc3C(F)(F)F)C1. The fourth-order valence-corrected chi connectivity index (χ4v) is 5.81. The lowest BCUT2D eigenvalue weighted by Gasteiger charge is -2.46. The molecule has 1 aliphatic heterocycles. The topological polar surface area (TPSA) is 59.0 Å². The van der Waals surface area contributed by atoms with Gasteiger partial charge in [0.1, 0.15) is 0 Å². The first-order chi connectivity index (χ1) is 15.4. The Balaban J connectivity index is 1.87. The molecule has 0 spiro atoms. The predicted octanol–water partition coefficient (Wildman–Crippen LogP) is 5.60. The lowest BCUT2D eigenvalue weighted by molar-refractivity contribution is -0.268. The second-order valence-corrected chi connectivity index (χ2v) is 10.3. The van der Waals surface area contributed by atoms with Gasteiger partial charge in [-0.1, -0.05) is 29.3 Å². The maximum atomic E-state index is 14.1. The van der Waals surface area contributed by atoms with E-state index in [0.29, 0.717) is 12.8 Å². The first kappa shape index (κ1) is 25.0. The lowest BCUT2D eigenvalue weighted by atomic mass is 9.78. The van der Waals surface area contributed by atoms with Gasteiger partial charge in [-0.15, -0.1) is 0 Å². The second-order valence-electron chi connectivity index (χ2n) is 8.19. The summed E-state index contributed by atoms with van der Waals surface area (Å²) in [5, 5.41) is 11.8. The van der Waals surface area contributed by atoms with Gasteiger partial charge in [0.25, 0.3) is 5.91 Å². The average Bonchev–Trinajstić information content (AvgIpc) is 2.91. The number of aliphatic hydroxyl groups is 1. The molecule has 11 heteroatoms. The molecule has 2 aliphatic rings. The standard InChI is InChI=1S/C22H19Cl2F3INO4/c1-32-20(33-2)8-11(9-20)10-29-17-7-13(28)6-15(22(25,26)27)18(17)21(31,19(29)30)14-4-3-12(23)5-16(14)24/h3-7,11,31H,8-10H2,1-2H3. The maximum absolute atomic E-state index is 14.1. The van der Waals surface area contributed by atoms with Gasteiger partial charge in [0.2, 0.25) is 0 Å². The summed E-state index contributed by atoms with van der Waals surface area (Å²) in [6.07, 6.45) is -3.91. The number of benzene rings is 2. The Bertz CT molecular complexity index is 1120. The molecule has 1 unspecified atom stereocenters. The highest BCUT2D eigenvalue weighted by Crippen LogP contribution is 2.53. The summed E-state index contributed by atoms with van der Waals surface area (Å²) in [7, 11) is 3.02. The van der Waals surface area contributed by atoms with Crippen molar-refractivity contribution >= 4 is 57.4 Å². The van der Waals surface area contributed by atoms with Gasteiger partial charge in [-0.05, 0) is 52.8 Å². The Morgan fingerprint density at radius 2 is 1.82 bits per heavy atom. The average molecular weight is 616 g/mol. The van der Waals surface area contributed by atoms with E-state index in [4.69, 9.17) is 32.7 Å². The van der Waals surface area contributed by atoms with Crippen molar-refractivity contribution in [1.82, 2.24) is 0 Å². The Morgan fingerprint density at radius 3 is 2.36 bits per heavy atom. The highest BCUT2D eigenvalue weighted by atomic mass is 127. The zero-order valence-electron chi connectivity index (χ0n) is 17.5. The van der Waals surface area contributed by atoms with Crippen LogP contribution < -0.4 is 4.90 Å². The molecule has 5 nitrogen and oxygen atoms in total. The van der Waals surface area contributed by atoms with E-state index in [1.807, 2.05) is 0 Å². The molecule has 0 saturated heterocycles. The lowest BCUT2D eigenvalue weighted by Crippen LogP contribution is -2.52. The molecule has 1 saturated carbocycles. The summed E-state index contributed by atoms with van der Waals surface area (Å²) in [4.78, 5) is 14.8. The Hall–Kier alpha value is -1.11. The molecule has 0 bridgehead atoms. The van der Waals surface area contributed by atoms with Crippen LogP contribution in [0.1, 0.15) is 29.5 Å². The van der Waals surface area contributed by atoms with Gasteiger partial charge >= 0.3 is 6.18 Å². The molecule has 0 radical (unpaired) electrons. The number of rotatable bonds is 5. The number of fused-ring (bicyclic) bond motifs is 1. The molecule has 178 valence electrons. The van der Waals surface area contributed by atoms with Crippen LogP contribution in [0.4, 0.5) is 18.9 Å². The maximum Gasteiger partial charge on any atom is 0.416 e. The van der Waals surface area contributed by atoms with Crippen LogP contribution in [0.15, 0.2) is 30.3 Å². The monoisotopic (exact) mass is 615 g/mol. The van der Waals surface area contributed by atoms with E-state index in [2.05, 4.69) is 0 Å². The number of carbonyl (C=O) groups excluding carboxylic acids is 1. The molecule has 1 fully saturated rings. The Morgan fingerprint density at radius 1 is 1.18 bits per heavy atom. The molecule has 1 heterocycles. The minimum absolute atomic E-state index is 0.0000698. The first-order valence-corrected chi connectivity index (χ1v) is 11.7. The molecule has 2 aromatic carbocycles. The van der Waals surface area contributed by atoms with E-state index < -0.39 is 34.6 Å². The number of amides is 1. The van der Waals surface area contributed by atoms with Gasteiger partial charge in [0, 0.05) is 58.3 Å². The largest absolute Gasteiger partial charge is 0.416 e. The van der Waals surface area contributed by atoms with E-state index in [-0.39, 0.29) is 37.3 Å². The predicted molar refractivity (Wildman–Crippen MR) is 125 cm³/mol. The molecule has 2 aromatic rings. The summed E-state index contributed by atoms with van der Waals surface area (Å²) >= 11 is 14.0. The Kier molecular flexibility index (Phi) is 6.46. The minimum atomic E-state index is -4.81. The number of methoxy groups -OCH3 is 2. The third kappa shape index (κ3) is 4.04. The van der Waals surface area contributed by atoms with Crippen molar-refractivity contribution in [1.29, 1.82) is 0 Å². The van der Waals surface area contributed by atoms with Crippen LogP contribution in [0, 0.1) is 9.49 Å². The molecule has 1 atom stereocenters. The Labute approximate surface area is 211 Å². The second kappa shape index (κ2) is 8.53. The van der Waals surface area contributed by atoms with Crippen LogP contribution in [-0.4, -0.2) is 37.6 Å². The molecule has 33 heavy (non-hydrogen) atoms. The van der Waals surface area contributed by atoms with Gasteiger partial charge in [-0.3, -0.25) is 4.79 Å². The van der Waals surface area contributed by atoms with E-state index in [1.165, 1.54) is 43.4 Å². The minimum Gasteiger partial charge on any atom is -0.372 e. The van der Waals surface area contributed by atoms with Crippen LogP contribution in [0.3, 0.4) is 0 Å². The van der Waals surface area contributed by atoms with Crippen LogP contribution in [0.5, 0.6) is 0 Å². The quantitative estimate of drug-likeness (QED) is 0.352. The number of hydrogen-bond acceptors (Lipinski definition) is 4. The summed E-state index contributed by atoms with van der Waals surface area (Å²) < 4.78 is 53.3. The van der Waals surface area contributed by atoms with E-state index in [9.17, 15) is 23.1 Å². The van der Waals surface area contributed by atoms with Crippen molar-refractivity contribution < 1.29 is 32.5 Å². The van der Waals surface area contributed by atoms with Gasteiger partial charge in [0.15, 0.2) is 11.4 Å². The number of halogens is 6. The van der Waals surface area contributed by atoms with Crippen molar-refractivity contribution in [3.63, 3.8) is 0 Å². The number of alkyl halides is 3. The summed E-state index contributed by atoms with van der Waals surface area (Å²) in [5.41, 5.74) is -4.42. The van der Waals surface area contributed by atoms with Crippen LogP contribution in [0.2, 0.25) is 10.0 Å². The van der Waals surface area contributed by atoms with E-state index in [1.54, 1.807) is 22.6 Å². The molecule has 4 rings (SSSR count). The number of ether oxygens (including phenoxy) is 2. The van der Waals surface area contributed by atoms with E-state index >= 15 is 0 Å². The third-order valence-corrected chi connectivity index (χ3v) is 7.47. The van der Waals surface area contributed by atoms with Crippen LogP contribution in [-0.2, 0) is 26.0 Å². The first-order valence-electron chi connectivity index (χ1n) is 9.87. The number of carbonyl (C=O) groups is 1.